The molecule has 0 aromatic heterocycles. The van der Waals surface area contributed by atoms with Crippen molar-refractivity contribution in [2.75, 3.05) is 57.3 Å². The Balaban J connectivity index is 0.00000160. The second-order valence-electron chi connectivity index (χ2n) is 7.45. The van der Waals surface area contributed by atoms with E-state index in [0.717, 1.165) is 57.3 Å². The summed E-state index contributed by atoms with van der Waals surface area (Å²) in [6.45, 7) is 7.61. The normalized spacial score (nSPS) is 16.3. The number of aliphatic hydroxyl groups excluding tert-OH is 1. The molecule has 0 aliphatic carbocycles. The van der Waals surface area contributed by atoms with Gasteiger partial charge in [-0.15, -0.1) is 24.8 Å². The molecule has 1 fully saturated rings. The number of benzene rings is 2. The molecule has 0 bridgehead atoms. The number of halogens is 3. The summed E-state index contributed by atoms with van der Waals surface area (Å²) in [5.41, 5.74) is 2.52. The minimum atomic E-state index is 0. The van der Waals surface area contributed by atoms with Crippen LogP contribution in [0.4, 0.5) is 11.4 Å². The fraction of sp³-hybridized carbons (Fsp3) is 0.455. The lowest BCUT2D eigenvalue weighted by molar-refractivity contribution is 0.111. The Morgan fingerprint density at radius 3 is 2.17 bits per heavy atom. The van der Waals surface area contributed by atoms with Crippen LogP contribution in [0.1, 0.15) is 12.8 Å². The summed E-state index contributed by atoms with van der Waals surface area (Å²) in [6, 6.07) is 14.9. The van der Waals surface area contributed by atoms with Crippen LogP contribution < -0.4 is 4.90 Å². The lowest BCUT2D eigenvalue weighted by Crippen LogP contribution is -2.47. The number of anilines is 2. The number of aliphatic hydroxyl groups is 1. The van der Waals surface area contributed by atoms with Crippen molar-refractivity contribution in [3.05, 3.63) is 47.5 Å². The third kappa shape index (κ3) is 6.19. The molecule has 4 nitrogen and oxygen atoms in total. The van der Waals surface area contributed by atoms with Gasteiger partial charge in [0.2, 0.25) is 0 Å². The molecule has 1 saturated heterocycles. The highest BCUT2D eigenvalue weighted by atomic mass is 35.5. The molecule has 166 valence electrons. The van der Waals surface area contributed by atoms with Gasteiger partial charge in [0, 0.05) is 54.1 Å². The number of nitrogens with zero attached hydrogens (tertiary/aromatic N) is 3. The van der Waals surface area contributed by atoms with Gasteiger partial charge in [-0.1, -0.05) is 35.5 Å². The number of para-hydroxylation sites is 1. The van der Waals surface area contributed by atoms with Crippen molar-refractivity contribution >= 4 is 59.6 Å². The van der Waals surface area contributed by atoms with Gasteiger partial charge in [0.15, 0.2) is 0 Å². The minimum Gasteiger partial charge on any atom is -0.395 e. The zero-order chi connectivity index (χ0) is 19.3. The van der Waals surface area contributed by atoms with Gasteiger partial charge in [-0.05, 0) is 49.7 Å². The highest BCUT2D eigenvalue weighted by Gasteiger charge is 2.23. The van der Waals surface area contributed by atoms with Crippen LogP contribution in [0, 0.1) is 0 Å². The highest BCUT2D eigenvalue weighted by Crippen LogP contribution is 2.48. The Labute approximate surface area is 201 Å². The maximum Gasteiger partial charge on any atom is 0.0567 e. The van der Waals surface area contributed by atoms with Crippen molar-refractivity contribution in [2.45, 2.75) is 22.6 Å². The van der Waals surface area contributed by atoms with E-state index in [4.69, 9.17) is 16.7 Å². The van der Waals surface area contributed by atoms with Gasteiger partial charge >= 0.3 is 0 Å². The van der Waals surface area contributed by atoms with Crippen molar-refractivity contribution in [3.8, 4) is 0 Å². The van der Waals surface area contributed by atoms with Crippen LogP contribution in [0.25, 0.3) is 0 Å². The van der Waals surface area contributed by atoms with Crippen LogP contribution in [0.3, 0.4) is 0 Å². The lowest BCUT2D eigenvalue weighted by atomic mass is 10.2. The number of fused-ring (bicyclic) bond motifs is 2. The van der Waals surface area contributed by atoms with Crippen molar-refractivity contribution in [2.24, 2.45) is 0 Å². The van der Waals surface area contributed by atoms with Gasteiger partial charge in [0.1, 0.15) is 0 Å². The molecule has 0 saturated carbocycles. The van der Waals surface area contributed by atoms with E-state index in [1.165, 1.54) is 27.6 Å². The summed E-state index contributed by atoms with van der Waals surface area (Å²) in [7, 11) is 0. The van der Waals surface area contributed by atoms with Gasteiger partial charge in [-0.2, -0.15) is 0 Å². The Morgan fingerprint density at radius 1 is 0.800 bits per heavy atom. The van der Waals surface area contributed by atoms with Gasteiger partial charge in [-0.25, -0.2) is 0 Å². The summed E-state index contributed by atoms with van der Waals surface area (Å²) in [6.07, 6.45) is 2.35. The topological polar surface area (TPSA) is 30.0 Å². The highest BCUT2D eigenvalue weighted by molar-refractivity contribution is 7.99. The second-order valence-corrected chi connectivity index (χ2v) is 8.97. The van der Waals surface area contributed by atoms with Crippen LogP contribution in [-0.2, 0) is 0 Å². The maximum atomic E-state index is 9.07. The van der Waals surface area contributed by atoms with Crippen molar-refractivity contribution < 1.29 is 5.11 Å². The van der Waals surface area contributed by atoms with E-state index in [9.17, 15) is 0 Å². The third-order valence-corrected chi connectivity index (χ3v) is 6.94. The molecule has 0 unspecified atom stereocenters. The fourth-order valence-corrected chi connectivity index (χ4v) is 5.27. The van der Waals surface area contributed by atoms with E-state index >= 15 is 0 Å². The first-order valence-electron chi connectivity index (χ1n) is 10.1. The Hall–Kier alpha value is -0.660. The van der Waals surface area contributed by atoms with Crippen LogP contribution in [-0.4, -0.2) is 67.3 Å². The Bertz CT molecular complexity index is 803. The average molecular weight is 491 g/mol. The number of rotatable bonds is 7. The molecule has 30 heavy (non-hydrogen) atoms. The largest absolute Gasteiger partial charge is 0.395 e. The van der Waals surface area contributed by atoms with E-state index in [1.54, 1.807) is 0 Å². The van der Waals surface area contributed by atoms with E-state index in [1.807, 2.05) is 17.8 Å². The van der Waals surface area contributed by atoms with Crippen molar-refractivity contribution in [1.29, 1.82) is 0 Å². The average Bonchev–Trinajstić information content (AvgIpc) is 2.72. The SMILES string of the molecule is Cl.Cl.OCCN1CCN(CCCCN2c3ccccc3Sc3ccc(Cl)cc32)CC1. The van der Waals surface area contributed by atoms with E-state index < -0.39 is 0 Å². The predicted molar refractivity (Wildman–Crippen MR) is 133 cm³/mol. The van der Waals surface area contributed by atoms with Gasteiger partial charge < -0.3 is 14.9 Å². The maximum absolute atomic E-state index is 9.07. The van der Waals surface area contributed by atoms with Gasteiger partial charge in [-0.3, -0.25) is 4.90 Å². The zero-order valence-electron chi connectivity index (χ0n) is 17.0. The predicted octanol–water partition coefficient (Wildman–Crippen LogP) is 5.18. The molecule has 1 N–H and O–H groups in total. The summed E-state index contributed by atoms with van der Waals surface area (Å²) < 4.78 is 0. The molecule has 2 aliphatic heterocycles. The molecule has 2 aromatic rings. The minimum absolute atomic E-state index is 0. The molecule has 0 spiro atoms. The third-order valence-electron chi connectivity index (χ3n) is 5.57. The van der Waals surface area contributed by atoms with Crippen molar-refractivity contribution in [1.82, 2.24) is 9.80 Å². The molecule has 4 rings (SSSR count). The Kier molecular flexibility index (Phi) is 10.6. The first-order valence-corrected chi connectivity index (χ1v) is 11.3. The van der Waals surface area contributed by atoms with Crippen LogP contribution >= 0.6 is 48.2 Å². The number of piperazine rings is 1. The van der Waals surface area contributed by atoms with Crippen LogP contribution in [0.2, 0.25) is 5.02 Å². The first kappa shape index (κ1) is 25.6. The quantitative estimate of drug-likeness (QED) is 0.541. The summed E-state index contributed by atoms with van der Waals surface area (Å²) >= 11 is 8.13. The molecular weight excluding hydrogens is 461 g/mol. The standard InChI is InChI=1S/C22H28ClN3OS.2ClH/c23-18-7-8-22-20(17-18)26(19-5-1-2-6-21(19)28-22)10-4-3-9-24-11-13-25(14-12-24)15-16-27;;/h1-2,5-8,17,27H,3-4,9-16H2;2*1H. The summed E-state index contributed by atoms with van der Waals surface area (Å²) in [4.78, 5) is 9.94. The molecule has 2 aliphatic rings. The lowest BCUT2D eigenvalue weighted by Gasteiger charge is -2.35. The first-order chi connectivity index (χ1) is 13.7. The molecule has 8 heteroatoms. The molecule has 0 atom stereocenters. The number of hydrogen-bond acceptors (Lipinski definition) is 5. The molecule has 0 amide bonds. The fourth-order valence-electron chi connectivity index (χ4n) is 4.03. The second kappa shape index (κ2) is 12.4. The zero-order valence-corrected chi connectivity index (χ0v) is 20.2. The molecule has 2 heterocycles. The van der Waals surface area contributed by atoms with Gasteiger partial charge in [0.05, 0.1) is 18.0 Å². The Morgan fingerprint density at radius 2 is 1.43 bits per heavy atom. The van der Waals surface area contributed by atoms with Crippen LogP contribution in [0.15, 0.2) is 52.3 Å². The summed E-state index contributed by atoms with van der Waals surface area (Å²) in [5, 5.41) is 9.86. The van der Waals surface area contributed by atoms with E-state index in [0.29, 0.717) is 0 Å². The van der Waals surface area contributed by atoms with Crippen LogP contribution in [0.5, 0.6) is 0 Å². The summed E-state index contributed by atoms with van der Waals surface area (Å²) in [5.74, 6) is 0. The van der Waals surface area contributed by atoms with E-state index in [-0.39, 0.29) is 31.4 Å². The van der Waals surface area contributed by atoms with Gasteiger partial charge in [0.25, 0.3) is 0 Å². The number of unbranched alkanes of at least 4 members (excludes halogenated alkanes) is 1. The molecule has 2 aromatic carbocycles. The van der Waals surface area contributed by atoms with E-state index in [2.05, 4.69) is 51.1 Å². The number of β-amino-alcohol motifs (C(OH)–C–C–N with tert-alkyl or cyclic N) is 1. The monoisotopic (exact) mass is 489 g/mol. The van der Waals surface area contributed by atoms with Crippen molar-refractivity contribution in [3.63, 3.8) is 0 Å². The molecule has 0 radical (unpaired) electrons. The number of hydrogen-bond donors (Lipinski definition) is 1. The smallest absolute Gasteiger partial charge is 0.0567 e. The molecular formula is C22H30Cl3N3OS.